The molecule has 1 fully saturated rings. The van der Waals surface area contributed by atoms with Gasteiger partial charge in [0.15, 0.2) is 9.84 Å². The molecule has 1 saturated heterocycles. The van der Waals surface area contributed by atoms with E-state index >= 15 is 0 Å². The van der Waals surface area contributed by atoms with Gasteiger partial charge in [0, 0.05) is 30.4 Å². The van der Waals surface area contributed by atoms with E-state index in [9.17, 15) is 8.42 Å². The number of hydrogen-bond donors (Lipinski definition) is 0. The van der Waals surface area contributed by atoms with Gasteiger partial charge in [-0.2, -0.15) is 11.3 Å². The van der Waals surface area contributed by atoms with E-state index in [0.717, 1.165) is 35.5 Å². The average molecular weight is 403 g/mol. The Balaban J connectivity index is 1.50. The molecule has 4 heterocycles. The molecule has 26 heavy (non-hydrogen) atoms. The van der Waals surface area contributed by atoms with Crippen LogP contribution in [0.1, 0.15) is 22.1 Å². The number of likely N-dealkylation sites (tertiary alicyclic amines) is 1. The quantitative estimate of drug-likeness (QED) is 0.666. The number of thiazole rings is 1. The van der Waals surface area contributed by atoms with Gasteiger partial charge in [-0.25, -0.2) is 13.4 Å². The number of fused-ring (bicyclic) bond motifs is 3. The van der Waals surface area contributed by atoms with Crippen LogP contribution < -0.4 is 0 Å². The van der Waals surface area contributed by atoms with E-state index in [1.54, 1.807) is 22.7 Å². The highest BCUT2D eigenvalue weighted by Gasteiger charge is 2.50. The summed E-state index contributed by atoms with van der Waals surface area (Å²) in [6, 6.07) is 7.94. The molecule has 0 spiro atoms. The molecule has 2 aliphatic rings. The fraction of sp³-hybridized carbons (Fsp3) is 0.316. The Morgan fingerprint density at radius 2 is 2.12 bits per heavy atom. The fourth-order valence-corrected chi connectivity index (χ4v) is 7.82. The summed E-state index contributed by atoms with van der Waals surface area (Å²) in [5, 5.41) is 3.84. The Bertz CT molecular complexity index is 1070. The lowest BCUT2D eigenvalue weighted by Gasteiger charge is -2.16. The number of sulfone groups is 1. The van der Waals surface area contributed by atoms with Gasteiger partial charge in [-0.15, -0.1) is 11.3 Å². The molecule has 0 bridgehead atoms. The van der Waals surface area contributed by atoms with E-state index in [-0.39, 0.29) is 11.2 Å². The number of rotatable bonds is 3. The summed E-state index contributed by atoms with van der Waals surface area (Å²) in [5.74, 6) is 0.0711. The molecule has 0 amide bonds. The van der Waals surface area contributed by atoms with E-state index in [1.165, 1.54) is 4.88 Å². The maximum Gasteiger partial charge on any atom is 0.183 e. The van der Waals surface area contributed by atoms with Gasteiger partial charge < -0.3 is 0 Å². The van der Waals surface area contributed by atoms with Crippen LogP contribution in [0.15, 0.2) is 45.4 Å². The molecule has 5 rings (SSSR count). The first-order chi connectivity index (χ1) is 12.5. The minimum atomic E-state index is -3.24. The van der Waals surface area contributed by atoms with Crippen LogP contribution in [0.3, 0.4) is 0 Å². The van der Waals surface area contributed by atoms with Crippen LogP contribution >= 0.6 is 22.7 Å². The van der Waals surface area contributed by atoms with E-state index in [1.807, 2.05) is 24.6 Å². The summed E-state index contributed by atoms with van der Waals surface area (Å²) in [6.07, 6.45) is 0. The van der Waals surface area contributed by atoms with Gasteiger partial charge in [-0.3, -0.25) is 4.90 Å². The highest BCUT2D eigenvalue weighted by atomic mass is 32.2. The van der Waals surface area contributed by atoms with Crippen molar-refractivity contribution in [1.29, 1.82) is 0 Å². The predicted molar refractivity (Wildman–Crippen MR) is 106 cm³/mol. The van der Waals surface area contributed by atoms with Crippen LogP contribution in [0.25, 0.3) is 11.1 Å². The molecule has 7 heteroatoms. The molecule has 0 unspecified atom stereocenters. The van der Waals surface area contributed by atoms with Crippen LogP contribution in [0, 0.1) is 6.92 Å². The second-order valence-electron chi connectivity index (χ2n) is 7.01. The minimum Gasteiger partial charge on any atom is -0.296 e. The molecular formula is C19H18N2O2S3. The van der Waals surface area contributed by atoms with Crippen molar-refractivity contribution in [1.82, 2.24) is 9.88 Å². The van der Waals surface area contributed by atoms with Crippen molar-refractivity contribution in [3.8, 4) is 11.1 Å². The average Bonchev–Trinajstić information content (AvgIpc) is 3.38. The second-order valence-corrected chi connectivity index (χ2v) is 10.9. The lowest BCUT2D eigenvalue weighted by atomic mass is 9.95. The van der Waals surface area contributed by atoms with E-state index in [0.29, 0.717) is 11.4 Å². The summed E-state index contributed by atoms with van der Waals surface area (Å²) in [4.78, 5) is 8.35. The zero-order valence-electron chi connectivity index (χ0n) is 14.3. The molecule has 134 valence electrons. The van der Waals surface area contributed by atoms with Crippen LogP contribution in [0.5, 0.6) is 0 Å². The van der Waals surface area contributed by atoms with Crippen molar-refractivity contribution in [3.05, 3.63) is 56.7 Å². The summed E-state index contributed by atoms with van der Waals surface area (Å²) in [6.45, 7) is 4.20. The van der Waals surface area contributed by atoms with Gasteiger partial charge in [-0.05, 0) is 52.6 Å². The number of thiophene rings is 1. The third-order valence-corrected chi connectivity index (χ3v) is 9.39. The Hall–Kier alpha value is -1.54. The van der Waals surface area contributed by atoms with E-state index in [2.05, 4.69) is 32.8 Å². The monoisotopic (exact) mass is 402 g/mol. The lowest BCUT2D eigenvalue weighted by Crippen LogP contribution is -2.25. The summed E-state index contributed by atoms with van der Waals surface area (Å²) >= 11 is 3.31. The first-order valence-corrected chi connectivity index (χ1v) is 11.9. The highest BCUT2D eigenvalue weighted by molar-refractivity contribution is 7.92. The van der Waals surface area contributed by atoms with E-state index < -0.39 is 9.84 Å². The Kier molecular flexibility index (Phi) is 3.83. The molecule has 2 atom stereocenters. The van der Waals surface area contributed by atoms with Crippen molar-refractivity contribution in [3.63, 3.8) is 0 Å². The SMILES string of the molecule is Cc1ncsc1CN1C[C@@H]2c3cc(-c4ccsc4)ccc3S(=O)(=O)[C@@H]2C1. The minimum absolute atomic E-state index is 0.0711. The van der Waals surface area contributed by atoms with Crippen molar-refractivity contribution in [2.45, 2.75) is 29.5 Å². The van der Waals surface area contributed by atoms with Gasteiger partial charge in [0.1, 0.15) is 0 Å². The number of aryl methyl sites for hydroxylation is 1. The van der Waals surface area contributed by atoms with Gasteiger partial charge in [-0.1, -0.05) is 6.07 Å². The molecular weight excluding hydrogens is 384 g/mol. The van der Waals surface area contributed by atoms with Crippen LogP contribution in [0.2, 0.25) is 0 Å². The first-order valence-electron chi connectivity index (χ1n) is 8.56. The molecule has 0 aliphatic carbocycles. The Morgan fingerprint density at radius 1 is 1.23 bits per heavy atom. The number of nitrogens with zero attached hydrogens (tertiary/aromatic N) is 2. The molecule has 0 N–H and O–H groups in total. The van der Waals surface area contributed by atoms with Gasteiger partial charge in [0.2, 0.25) is 0 Å². The maximum atomic E-state index is 13.0. The standard InChI is InChI=1S/C19H18N2O2S3/c1-12-17(25-11-20-12)8-21-7-16-15-6-13(14-4-5-24-10-14)2-3-18(15)26(22,23)19(16)9-21/h2-6,10-11,16,19H,7-9H2,1H3/t16-,19-/m1/s1. The first kappa shape index (κ1) is 16.6. The van der Waals surface area contributed by atoms with Gasteiger partial charge in [0.05, 0.1) is 21.3 Å². The smallest absolute Gasteiger partial charge is 0.183 e. The molecule has 2 aromatic heterocycles. The molecule has 2 aliphatic heterocycles. The summed E-state index contributed by atoms with van der Waals surface area (Å²) in [7, 11) is -3.24. The second kappa shape index (κ2) is 5.99. The van der Waals surface area contributed by atoms with Crippen molar-refractivity contribution in [2.24, 2.45) is 0 Å². The summed E-state index contributed by atoms with van der Waals surface area (Å²) < 4.78 is 26.1. The highest BCUT2D eigenvalue weighted by Crippen LogP contribution is 2.46. The largest absolute Gasteiger partial charge is 0.296 e. The van der Waals surface area contributed by atoms with Crippen molar-refractivity contribution in [2.75, 3.05) is 13.1 Å². The number of hydrogen-bond acceptors (Lipinski definition) is 6. The topological polar surface area (TPSA) is 50.3 Å². The summed E-state index contributed by atoms with van der Waals surface area (Å²) in [5.41, 5.74) is 6.18. The lowest BCUT2D eigenvalue weighted by molar-refractivity contribution is 0.327. The zero-order chi connectivity index (χ0) is 17.9. The van der Waals surface area contributed by atoms with Crippen molar-refractivity contribution >= 4 is 32.5 Å². The molecule has 3 aromatic rings. The fourth-order valence-electron chi connectivity index (χ4n) is 4.14. The number of aromatic nitrogens is 1. The number of benzene rings is 1. The predicted octanol–water partition coefficient (Wildman–Crippen LogP) is 3.94. The van der Waals surface area contributed by atoms with Gasteiger partial charge >= 0.3 is 0 Å². The van der Waals surface area contributed by atoms with Crippen LogP contribution in [-0.4, -0.2) is 36.6 Å². The third-order valence-electron chi connectivity index (χ3n) is 5.52. The Morgan fingerprint density at radius 3 is 2.85 bits per heavy atom. The zero-order valence-corrected chi connectivity index (χ0v) is 16.7. The van der Waals surface area contributed by atoms with Gasteiger partial charge in [0.25, 0.3) is 0 Å². The van der Waals surface area contributed by atoms with Crippen molar-refractivity contribution < 1.29 is 8.42 Å². The molecule has 1 aromatic carbocycles. The van der Waals surface area contributed by atoms with Crippen LogP contribution in [-0.2, 0) is 16.4 Å². The van der Waals surface area contributed by atoms with E-state index in [4.69, 9.17) is 0 Å². The molecule has 4 nitrogen and oxygen atoms in total. The molecule has 0 radical (unpaired) electrons. The normalized spacial score (nSPS) is 23.9. The Labute approximate surface area is 161 Å². The maximum absolute atomic E-state index is 13.0. The van der Waals surface area contributed by atoms with Crippen LogP contribution in [0.4, 0.5) is 0 Å². The third kappa shape index (κ3) is 2.49. The molecule has 0 saturated carbocycles.